The number of halogens is 5. The third-order valence-electron chi connectivity index (χ3n) is 3.33. The van der Waals surface area contributed by atoms with Gasteiger partial charge in [0.15, 0.2) is 0 Å². The molecule has 0 bridgehead atoms. The van der Waals surface area contributed by atoms with Crippen molar-refractivity contribution in [3.05, 3.63) is 63.4 Å². The van der Waals surface area contributed by atoms with Crippen LogP contribution in [0.25, 0.3) is 0 Å². The van der Waals surface area contributed by atoms with Crippen LogP contribution in [-0.2, 0) is 22.7 Å². The van der Waals surface area contributed by atoms with Gasteiger partial charge >= 0.3 is 6.18 Å². The van der Waals surface area contributed by atoms with Gasteiger partial charge in [0.1, 0.15) is 5.82 Å². The molecule has 0 heterocycles. The van der Waals surface area contributed by atoms with Crippen LogP contribution in [0.3, 0.4) is 0 Å². The molecule has 0 aliphatic carbocycles. The van der Waals surface area contributed by atoms with Gasteiger partial charge in [0.25, 0.3) is 5.91 Å². The minimum atomic E-state index is -4.80. The Hall–Kier alpha value is -1.98. The van der Waals surface area contributed by atoms with E-state index in [0.717, 1.165) is 24.3 Å². The van der Waals surface area contributed by atoms with Crippen molar-refractivity contribution in [3.8, 4) is 0 Å². The number of carbonyl (C=O) groups is 1. The maximum absolute atomic E-state index is 13.1. The third kappa shape index (κ3) is 4.80. The number of hydrogen-bond donors (Lipinski definition) is 2. The quantitative estimate of drug-likeness (QED) is 0.695. The average Bonchev–Trinajstić information content (AvgIpc) is 2.51. The van der Waals surface area contributed by atoms with Gasteiger partial charge in [-0.05, 0) is 51.8 Å². The van der Waals surface area contributed by atoms with Crippen molar-refractivity contribution >= 4 is 31.9 Å². The number of alkyl halides is 3. The number of amides is 1. The molecule has 26 heavy (non-hydrogen) atoms. The second kappa shape index (κ2) is 7.33. The SMILES string of the molecule is NS(=O)(=O)c1ccc(Br)c(C(=O)NCc2ccc(F)cc2C(F)(F)F)c1. The van der Waals surface area contributed by atoms with E-state index in [2.05, 4.69) is 21.2 Å². The van der Waals surface area contributed by atoms with Crippen molar-refractivity contribution in [3.63, 3.8) is 0 Å². The van der Waals surface area contributed by atoms with Gasteiger partial charge in [-0.3, -0.25) is 4.79 Å². The molecule has 0 aliphatic rings. The monoisotopic (exact) mass is 454 g/mol. The Labute approximate surface area is 154 Å². The fraction of sp³-hybridized carbons (Fsp3) is 0.133. The number of primary sulfonamides is 1. The first kappa shape index (κ1) is 20.3. The summed E-state index contributed by atoms with van der Waals surface area (Å²) < 4.78 is 74.9. The summed E-state index contributed by atoms with van der Waals surface area (Å²) in [5.41, 5.74) is -1.69. The highest BCUT2D eigenvalue weighted by atomic mass is 79.9. The van der Waals surface area contributed by atoms with E-state index in [0.29, 0.717) is 6.07 Å². The molecular formula is C15H11BrF4N2O3S. The smallest absolute Gasteiger partial charge is 0.348 e. The second-order valence-corrected chi connectivity index (χ2v) is 7.58. The van der Waals surface area contributed by atoms with E-state index in [1.165, 1.54) is 6.07 Å². The van der Waals surface area contributed by atoms with Crippen molar-refractivity contribution in [2.45, 2.75) is 17.6 Å². The van der Waals surface area contributed by atoms with E-state index in [1.807, 2.05) is 0 Å². The number of rotatable bonds is 4. The molecule has 0 aromatic heterocycles. The van der Waals surface area contributed by atoms with Crippen LogP contribution in [0, 0.1) is 5.82 Å². The minimum absolute atomic E-state index is 0.132. The normalized spacial score (nSPS) is 12.1. The predicted molar refractivity (Wildman–Crippen MR) is 88.1 cm³/mol. The molecule has 0 unspecified atom stereocenters. The molecule has 0 spiro atoms. The predicted octanol–water partition coefficient (Wildman–Crippen LogP) is 3.18. The first-order chi connectivity index (χ1) is 11.9. The highest BCUT2D eigenvalue weighted by Crippen LogP contribution is 2.32. The van der Waals surface area contributed by atoms with Crippen LogP contribution in [0.2, 0.25) is 0 Å². The summed E-state index contributed by atoms with van der Waals surface area (Å²) in [6.45, 7) is -0.542. The van der Waals surface area contributed by atoms with E-state index >= 15 is 0 Å². The van der Waals surface area contributed by atoms with Crippen LogP contribution < -0.4 is 10.5 Å². The molecule has 11 heteroatoms. The molecule has 2 aromatic carbocycles. The van der Waals surface area contributed by atoms with Crippen LogP contribution in [0.5, 0.6) is 0 Å². The standard InChI is InChI=1S/C15H11BrF4N2O3S/c16-13-4-3-10(26(21,24)25)6-11(13)14(23)22-7-8-1-2-9(17)5-12(8)15(18,19)20/h1-6H,7H2,(H,22,23)(H2,21,24,25). The Morgan fingerprint density at radius 2 is 1.81 bits per heavy atom. The molecule has 2 rings (SSSR count). The fourth-order valence-corrected chi connectivity index (χ4v) is 3.06. The fourth-order valence-electron chi connectivity index (χ4n) is 2.09. The maximum Gasteiger partial charge on any atom is 0.416 e. The first-order valence-electron chi connectivity index (χ1n) is 6.86. The van der Waals surface area contributed by atoms with Gasteiger partial charge < -0.3 is 5.32 Å². The molecule has 0 fully saturated rings. The molecular weight excluding hydrogens is 444 g/mol. The van der Waals surface area contributed by atoms with Crippen LogP contribution in [0.4, 0.5) is 17.6 Å². The van der Waals surface area contributed by atoms with E-state index < -0.39 is 40.0 Å². The number of nitrogens with two attached hydrogens (primary N) is 1. The topological polar surface area (TPSA) is 89.3 Å². The van der Waals surface area contributed by atoms with Gasteiger partial charge in [0.2, 0.25) is 10.0 Å². The highest BCUT2D eigenvalue weighted by molar-refractivity contribution is 9.10. The zero-order valence-electron chi connectivity index (χ0n) is 12.8. The number of carbonyl (C=O) groups excluding carboxylic acids is 1. The molecule has 0 radical (unpaired) electrons. The summed E-state index contributed by atoms with van der Waals surface area (Å²) in [5, 5.41) is 7.23. The van der Waals surface area contributed by atoms with Gasteiger partial charge in [-0.25, -0.2) is 17.9 Å². The lowest BCUT2D eigenvalue weighted by Gasteiger charge is -2.14. The average molecular weight is 455 g/mol. The second-order valence-electron chi connectivity index (χ2n) is 5.17. The summed E-state index contributed by atoms with van der Waals surface area (Å²) in [6.07, 6.45) is -4.80. The van der Waals surface area contributed by atoms with Gasteiger partial charge in [-0.1, -0.05) is 6.07 Å². The van der Waals surface area contributed by atoms with E-state index in [4.69, 9.17) is 5.14 Å². The van der Waals surface area contributed by atoms with Crippen LogP contribution in [-0.4, -0.2) is 14.3 Å². The largest absolute Gasteiger partial charge is 0.416 e. The van der Waals surface area contributed by atoms with Crippen molar-refractivity contribution in [2.75, 3.05) is 0 Å². The molecule has 0 aliphatic heterocycles. The molecule has 0 saturated heterocycles. The van der Waals surface area contributed by atoms with Gasteiger partial charge in [-0.15, -0.1) is 0 Å². The molecule has 2 aromatic rings. The Morgan fingerprint density at radius 1 is 1.15 bits per heavy atom. The number of hydrogen-bond acceptors (Lipinski definition) is 3. The Balaban J connectivity index is 2.28. The van der Waals surface area contributed by atoms with Gasteiger partial charge in [0, 0.05) is 11.0 Å². The Kier molecular flexibility index (Phi) is 5.73. The number of benzene rings is 2. The van der Waals surface area contributed by atoms with Crippen molar-refractivity contribution in [1.29, 1.82) is 0 Å². The lowest BCUT2D eigenvalue weighted by Crippen LogP contribution is -2.25. The van der Waals surface area contributed by atoms with Crippen LogP contribution in [0.15, 0.2) is 45.8 Å². The summed E-state index contributed by atoms with van der Waals surface area (Å²) in [7, 11) is -4.06. The minimum Gasteiger partial charge on any atom is -0.348 e. The molecule has 0 saturated carbocycles. The molecule has 3 N–H and O–H groups in total. The van der Waals surface area contributed by atoms with Gasteiger partial charge in [0.05, 0.1) is 16.0 Å². The molecule has 5 nitrogen and oxygen atoms in total. The molecule has 140 valence electrons. The van der Waals surface area contributed by atoms with Crippen LogP contribution >= 0.6 is 15.9 Å². The summed E-state index contributed by atoms with van der Waals surface area (Å²) >= 11 is 3.05. The first-order valence-corrected chi connectivity index (χ1v) is 9.19. The Bertz CT molecular complexity index is 962. The lowest BCUT2D eigenvalue weighted by molar-refractivity contribution is -0.138. The van der Waals surface area contributed by atoms with Crippen molar-refractivity contribution in [2.24, 2.45) is 5.14 Å². The molecule has 1 amide bonds. The number of nitrogens with one attached hydrogen (secondary N) is 1. The highest BCUT2D eigenvalue weighted by Gasteiger charge is 2.33. The summed E-state index contributed by atoms with van der Waals surface area (Å²) in [4.78, 5) is 11.9. The summed E-state index contributed by atoms with van der Waals surface area (Å²) in [5.74, 6) is -1.89. The summed E-state index contributed by atoms with van der Waals surface area (Å²) in [6, 6.07) is 5.51. The third-order valence-corrected chi connectivity index (χ3v) is 4.93. The Morgan fingerprint density at radius 3 is 2.38 bits per heavy atom. The lowest BCUT2D eigenvalue weighted by atomic mass is 10.1. The zero-order valence-corrected chi connectivity index (χ0v) is 15.2. The van der Waals surface area contributed by atoms with E-state index in [9.17, 15) is 30.8 Å². The van der Waals surface area contributed by atoms with Gasteiger partial charge in [-0.2, -0.15) is 13.2 Å². The maximum atomic E-state index is 13.1. The zero-order chi connectivity index (χ0) is 19.7. The van der Waals surface area contributed by atoms with Crippen LogP contribution in [0.1, 0.15) is 21.5 Å². The van der Waals surface area contributed by atoms with Crippen molar-refractivity contribution < 1.29 is 30.8 Å². The number of sulfonamides is 1. The van der Waals surface area contributed by atoms with E-state index in [-0.39, 0.29) is 20.5 Å². The van der Waals surface area contributed by atoms with E-state index in [1.54, 1.807) is 0 Å². The molecule has 0 atom stereocenters. The van der Waals surface area contributed by atoms with Crippen molar-refractivity contribution in [1.82, 2.24) is 5.32 Å².